The number of hydrogen-bond acceptors (Lipinski definition) is 4. The quantitative estimate of drug-likeness (QED) is 0.745. The molecule has 0 saturated carbocycles. The summed E-state index contributed by atoms with van der Waals surface area (Å²) in [6, 6.07) is 0. The summed E-state index contributed by atoms with van der Waals surface area (Å²) >= 11 is 1.52. The maximum atomic E-state index is 11.2. The summed E-state index contributed by atoms with van der Waals surface area (Å²) in [6.07, 6.45) is 0.286. The molecule has 0 unspecified atom stereocenters. The zero-order valence-corrected chi connectivity index (χ0v) is 10.5. The van der Waals surface area contributed by atoms with Crippen LogP contribution in [0.3, 0.4) is 0 Å². The van der Waals surface area contributed by atoms with Gasteiger partial charge in [0.15, 0.2) is 0 Å². The fourth-order valence-electron chi connectivity index (χ4n) is 1.07. The topological polar surface area (TPSA) is 39.2 Å². The molecule has 0 radical (unpaired) electrons. The Kier molecular flexibility index (Phi) is 3.85. The lowest BCUT2D eigenvalue weighted by Gasteiger charge is -2.14. The normalized spacial score (nSPS) is 11.5. The number of carbonyl (C=O) groups is 1. The van der Waals surface area contributed by atoms with E-state index in [0.29, 0.717) is 6.61 Å². The first kappa shape index (κ1) is 12.2. The number of rotatable bonds is 3. The van der Waals surface area contributed by atoms with Gasteiger partial charge in [0.25, 0.3) is 0 Å². The lowest BCUT2D eigenvalue weighted by Crippen LogP contribution is -2.12. The van der Waals surface area contributed by atoms with Gasteiger partial charge in [-0.25, -0.2) is 4.98 Å². The van der Waals surface area contributed by atoms with Crippen molar-refractivity contribution >= 4 is 17.3 Å². The van der Waals surface area contributed by atoms with Crippen LogP contribution < -0.4 is 0 Å². The first-order valence-corrected chi connectivity index (χ1v) is 5.92. The maximum Gasteiger partial charge on any atom is 0.312 e. The fourth-order valence-corrected chi connectivity index (χ4v) is 2.08. The minimum absolute atomic E-state index is 0.0451. The molecule has 4 heteroatoms. The van der Waals surface area contributed by atoms with Crippen LogP contribution in [0.5, 0.6) is 0 Å². The molecule has 0 saturated heterocycles. The number of ether oxygens (including phenoxy) is 1. The summed E-state index contributed by atoms with van der Waals surface area (Å²) in [4.78, 5) is 15.6. The van der Waals surface area contributed by atoms with Gasteiger partial charge in [-0.05, 0) is 6.92 Å². The fraction of sp³-hybridized carbons (Fsp3) is 0.636. The van der Waals surface area contributed by atoms with Gasteiger partial charge in [-0.3, -0.25) is 4.79 Å². The van der Waals surface area contributed by atoms with E-state index in [-0.39, 0.29) is 17.8 Å². The third kappa shape index (κ3) is 3.63. The predicted octanol–water partition coefficient (Wildman–Crippen LogP) is 2.55. The summed E-state index contributed by atoms with van der Waals surface area (Å²) in [7, 11) is 0. The molecule has 0 N–H and O–H groups in total. The zero-order valence-electron chi connectivity index (χ0n) is 9.66. The minimum Gasteiger partial charge on any atom is -0.466 e. The van der Waals surface area contributed by atoms with Gasteiger partial charge in [0.2, 0.25) is 0 Å². The van der Waals surface area contributed by atoms with Crippen molar-refractivity contribution < 1.29 is 9.53 Å². The molecule has 0 spiro atoms. The molecule has 0 aliphatic carbocycles. The van der Waals surface area contributed by atoms with E-state index in [0.717, 1.165) is 10.7 Å². The number of esters is 1. The van der Waals surface area contributed by atoms with Crippen LogP contribution in [0.2, 0.25) is 0 Å². The maximum absolute atomic E-state index is 11.2. The van der Waals surface area contributed by atoms with Crippen LogP contribution in [0.1, 0.15) is 38.4 Å². The van der Waals surface area contributed by atoms with E-state index in [9.17, 15) is 4.79 Å². The van der Waals surface area contributed by atoms with Crippen LogP contribution in [-0.4, -0.2) is 17.6 Å². The Balaban J connectivity index is 2.65. The molecule has 0 aliphatic heterocycles. The van der Waals surface area contributed by atoms with Crippen molar-refractivity contribution in [3.8, 4) is 0 Å². The standard InChI is InChI=1S/C11H17NO2S/c1-5-14-10(13)6-9-12-8(7-15-9)11(2,3)4/h7H,5-6H2,1-4H3. The monoisotopic (exact) mass is 227 g/mol. The summed E-state index contributed by atoms with van der Waals surface area (Å²) in [5, 5.41) is 2.84. The van der Waals surface area contributed by atoms with Gasteiger partial charge >= 0.3 is 5.97 Å². The van der Waals surface area contributed by atoms with Crippen LogP contribution in [0.15, 0.2) is 5.38 Å². The van der Waals surface area contributed by atoms with Crippen molar-refractivity contribution in [2.75, 3.05) is 6.61 Å². The van der Waals surface area contributed by atoms with Gasteiger partial charge in [-0.1, -0.05) is 20.8 Å². The third-order valence-electron chi connectivity index (χ3n) is 1.92. The molecule has 0 bridgehead atoms. The Hall–Kier alpha value is -0.900. The first-order valence-electron chi connectivity index (χ1n) is 5.04. The Bertz CT molecular complexity index is 339. The van der Waals surface area contributed by atoms with Crippen molar-refractivity contribution in [2.24, 2.45) is 0 Å². The van der Waals surface area contributed by atoms with Gasteiger partial charge in [0.1, 0.15) is 5.01 Å². The first-order chi connectivity index (χ1) is 6.93. The minimum atomic E-state index is -0.202. The van der Waals surface area contributed by atoms with Crippen molar-refractivity contribution in [1.29, 1.82) is 0 Å². The third-order valence-corrected chi connectivity index (χ3v) is 2.77. The van der Waals surface area contributed by atoms with E-state index in [4.69, 9.17) is 4.74 Å². The van der Waals surface area contributed by atoms with Crippen LogP contribution in [-0.2, 0) is 21.4 Å². The molecular weight excluding hydrogens is 210 g/mol. The van der Waals surface area contributed by atoms with Crippen LogP contribution in [0.4, 0.5) is 0 Å². The van der Waals surface area contributed by atoms with Crippen LogP contribution in [0, 0.1) is 0 Å². The van der Waals surface area contributed by atoms with Gasteiger partial charge in [0, 0.05) is 10.8 Å². The molecule has 15 heavy (non-hydrogen) atoms. The predicted molar refractivity (Wildman–Crippen MR) is 61.2 cm³/mol. The van der Waals surface area contributed by atoms with Crippen molar-refractivity contribution in [1.82, 2.24) is 4.98 Å². The molecule has 1 rings (SSSR count). The van der Waals surface area contributed by atoms with Crippen molar-refractivity contribution in [3.63, 3.8) is 0 Å². The van der Waals surface area contributed by atoms with E-state index in [1.807, 2.05) is 5.38 Å². The molecule has 3 nitrogen and oxygen atoms in total. The number of hydrogen-bond donors (Lipinski definition) is 0. The average Bonchev–Trinajstić information content (AvgIpc) is 2.52. The highest BCUT2D eigenvalue weighted by Gasteiger charge is 2.18. The molecule has 0 aliphatic rings. The summed E-state index contributed by atoms with van der Waals surface area (Å²) in [5.41, 5.74) is 1.08. The number of aromatic nitrogens is 1. The largest absolute Gasteiger partial charge is 0.466 e. The SMILES string of the molecule is CCOC(=O)Cc1nc(C(C)(C)C)cs1. The van der Waals surface area contributed by atoms with E-state index in [2.05, 4.69) is 25.8 Å². The number of nitrogens with zero attached hydrogens (tertiary/aromatic N) is 1. The van der Waals surface area contributed by atoms with E-state index < -0.39 is 0 Å². The summed E-state index contributed by atoms with van der Waals surface area (Å²) in [6.45, 7) is 8.55. The molecular formula is C11H17NO2S. The zero-order chi connectivity index (χ0) is 11.5. The van der Waals surface area contributed by atoms with Gasteiger partial charge in [0.05, 0.1) is 18.7 Å². The van der Waals surface area contributed by atoms with Crippen LogP contribution in [0.25, 0.3) is 0 Å². The van der Waals surface area contributed by atoms with Gasteiger partial charge in [-0.15, -0.1) is 11.3 Å². The highest BCUT2D eigenvalue weighted by atomic mass is 32.1. The molecule has 1 aromatic rings. The smallest absolute Gasteiger partial charge is 0.312 e. The summed E-state index contributed by atoms with van der Waals surface area (Å²) < 4.78 is 4.87. The van der Waals surface area contributed by atoms with E-state index in [1.165, 1.54) is 11.3 Å². The van der Waals surface area contributed by atoms with Crippen molar-refractivity contribution in [3.05, 3.63) is 16.1 Å². The van der Waals surface area contributed by atoms with Gasteiger partial charge in [-0.2, -0.15) is 0 Å². The molecule has 0 aromatic carbocycles. The van der Waals surface area contributed by atoms with E-state index in [1.54, 1.807) is 6.92 Å². The molecule has 84 valence electrons. The lowest BCUT2D eigenvalue weighted by atomic mass is 9.93. The summed E-state index contributed by atoms with van der Waals surface area (Å²) in [5.74, 6) is -0.202. The molecule has 1 heterocycles. The second-order valence-electron chi connectivity index (χ2n) is 4.36. The Morgan fingerprint density at radius 2 is 2.20 bits per heavy atom. The Morgan fingerprint density at radius 3 is 2.67 bits per heavy atom. The molecule has 1 aromatic heterocycles. The second-order valence-corrected chi connectivity index (χ2v) is 5.30. The van der Waals surface area contributed by atoms with Gasteiger partial charge < -0.3 is 4.74 Å². The average molecular weight is 227 g/mol. The van der Waals surface area contributed by atoms with Crippen molar-refractivity contribution in [2.45, 2.75) is 39.5 Å². The molecule has 0 atom stereocenters. The molecule has 0 fully saturated rings. The number of thiazole rings is 1. The van der Waals surface area contributed by atoms with E-state index >= 15 is 0 Å². The highest BCUT2D eigenvalue weighted by Crippen LogP contribution is 2.24. The van der Waals surface area contributed by atoms with Crippen LogP contribution >= 0.6 is 11.3 Å². The Morgan fingerprint density at radius 1 is 1.53 bits per heavy atom. The lowest BCUT2D eigenvalue weighted by molar-refractivity contribution is -0.142. The number of carbonyl (C=O) groups excluding carboxylic acids is 1. The highest BCUT2D eigenvalue weighted by molar-refractivity contribution is 7.09. The second kappa shape index (κ2) is 4.75. The molecule has 0 amide bonds. The Labute approximate surface area is 94.5 Å².